The molecule has 0 aliphatic carbocycles. The van der Waals surface area contributed by atoms with Crippen LogP contribution in [-0.4, -0.2) is 46.9 Å². The Morgan fingerprint density at radius 2 is 1.50 bits per heavy atom. The van der Waals surface area contributed by atoms with Crippen LogP contribution in [0, 0.1) is 0 Å². The van der Waals surface area contributed by atoms with Crippen LogP contribution in [0.3, 0.4) is 0 Å². The van der Waals surface area contributed by atoms with Crippen LogP contribution in [0.1, 0.15) is 83.4 Å². The quantitative estimate of drug-likeness (QED) is 0.278. The number of hydrogen-bond acceptors (Lipinski definition) is 5. The third-order valence-corrected chi connectivity index (χ3v) is 6.16. The number of amides is 4. The van der Waals surface area contributed by atoms with Gasteiger partial charge >= 0.3 is 6.09 Å². The van der Waals surface area contributed by atoms with Crippen molar-refractivity contribution in [3.05, 3.63) is 71.8 Å². The molecule has 2 unspecified atom stereocenters. The number of alkyl carbamates (subject to hydrolysis) is 1. The average molecular weight is 553 g/mol. The van der Waals surface area contributed by atoms with Crippen LogP contribution < -0.4 is 16.4 Å². The van der Waals surface area contributed by atoms with E-state index in [-0.39, 0.29) is 19.0 Å². The molecular weight excluding hydrogens is 508 g/mol. The molecule has 0 radical (unpaired) electrons. The summed E-state index contributed by atoms with van der Waals surface area (Å²) in [6.45, 7) is 7.75. The number of primary amides is 1. The lowest BCUT2D eigenvalue weighted by molar-refractivity contribution is -0.143. The van der Waals surface area contributed by atoms with E-state index >= 15 is 0 Å². The largest absolute Gasteiger partial charge is 0.444 e. The number of hydrogen-bond donors (Lipinski definition) is 3. The van der Waals surface area contributed by atoms with Crippen LogP contribution >= 0.6 is 0 Å². The third-order valence-electron chi connectivity index (χ3n) is 6.16. The SMILES string of the molecule is CCCCCCCN(C(=O)C(CC(N)=O)NC(=O)OC(C)(C)C)C(C(=O)NCc1ccccc1)c1ccccc1. The van der Waals surface area contributed by atoms with Gasteiger partial charge in [0.1, 0.15) is 17.7 Å². The van der Waals surface area contributed by atoms with Crippen LogP contribution in [0.5, 0.6) is 0 Å². The van der Waals surface area contributed by atoms with Gasteiger partial charge < -0.3 is 26.0 Å². The molecule has 0 saturated heterocycles. The second kappa shape index (κ2) is 16.3. The van der Waals surface area contributed by atoms with Gasteiger partial charge in [-0.05, 0) is 38.3 Å². The second-order valence-corrected chi connectivity index (χ2v) is 10.8. The van der Waals surface area contributed by atoms with E-state index in [0.717, 1.165) is 31.2 Å². The number of nitrogens with one attached hydrogen (secondary N) is 2. The number of nitrogens with two attached hydrogens (primary N) is 1. The molecule has 0 spiro atoms. The summed E-state index contributed by atoms with van der Waals surface area (Å²) in [7, 11) is 0. The van der Waals surface area contributed by atoms with Crippen molar-refractivity contribution >= 4 is 23.8 Å². The molecule has 2 rings (SSSR count). The molecule has 0 aliphatic heterocycles. The Balaban J connectivity index is 2.42. The molecule has 0 aromatic heterocycles. The Morgan fingerprint density at radius 3 is 2.08 bits per heavy atom. The highest BCUT2D eigenvalue weighted by Crippen LogP contribution is 2.24. The normalized spacial score (nSPS) is 12.6. The first-order chi connectivity index (χ1) is 19.0. The lowest BCUT2D eigenvalue weighted by Gasteiger charge is -2.34. The Morgan fingerprint density at radius 1 is 0.900 bits per heavy atom. The smallest absolute Gasteiger partial charge is 0.408 e. The van der Waals surface area contributed by atoms with Crippen LogP contribution in [0.15, 0.2) is 60.7 Å². The Kier molecular flexibility index (Phi) is 13.2. The standard InChI is InChI=1S/C31H44N4O5/c1-5-6-7-8-15-20-35(29(38)25(21-26(32)36)34-30(39)40-31(2,3)4)27(24-18-13-10-14-19-24)28(37)33-22-23-16-11-9-12-17-23/h9-14,16-19,25,27H,5-8,15,20-22H2,1-4H3,(H2,32,36)(H,33,37)(H,34,39). The van der Waals surface area contributed by atoms with Gasteiger partial charge in [0.2, 0.25) is 17.7 Å². The molecular formula is C31H44N4O5. The van der Waals surface area contributed by atoms with Crippen molar-refractivity contribution in [1.82, 2.24) is 15.5 Å². The minimum Gasteiger partial charge on any atom is -0.444 e. The highest BCUT2D eigenvalue weighted by Gasteiger charge is 2.36. The minimum atomic E-state index is -1.30. The predicted octanol–water partition coefficient (Wildman–Crippen LogP) is 4.61. The summed E-state index contributed by atoms with van der Waals surface area (Å²) in [6.07, 6.45) is 3.37. The summed E-state index contributed by atoms with van der Waals surface area (Å²) < 4.78 is 5.33. The van der Waals surface area contributed by atoms with Gasteiger partial charge in [-0.25, -0.2) is 4.79 Å². The minimum absolute atomic E-state index is 0.256. The molecule has 4 N–H and O–H groups in total. The molecule has 0 fully saturated rings. The fraction of sp³-hybridized carbons (Fsp3) is 0.484. The van der Waals surface area contributed by atoms with Crippen molar-refractivity contribution in [1.29, 1.82) is 0 Å². The Hall–Kier alpha value is -3.88. The number of rotatable bonds is 15. The molecule has 0 saturated carbocycles. The lowest BCUT2D eigenvalue weighted by Crippen LogP contribution is -2.54. The van der Waals surface area contributed by atoms with E-state index in [2.05, 4.69) is 17.6 Å². The number of nitrogens with zero attached hydrogens (tertiary/aromatic N) is 1. The van der Waals surface area contributed by atoms with Gasteiger partial charge in [-0.1, -0.05) is 93.3 Å². The average Bonchev–Trinajstić information content (AvgIpc) is 2.90. The number of ether oxygens (including phenoxy) is 1. The van der Waals surface area contributed by atoms with Crippen molar-refractivity contribution in [3.8, 4) is 0 Å². The molecule has 2 aromatic rings. The summed E-state index contributed by atoms with van der Waals surface area (Å²) in [5.41, 5.74) is 6.19. The van der Waals surface area contributed by atoms with Gasteiger partial charge in [-0.3, -0.25) is 14.4 Å². The van der Waals surface area contributed by atoms with Crippen molar-refractivity contribution in [2.45, 2.75) is 90.4 Å². The fourth-order valence-corrected chi connectivity index (χ4v) is 4.29. The van der Waals surface area contributed by atoms with E-state index in [1.54, 1.807) is 45.0 Å². The zero-order chi connectivity index (χ0) is 29.5. The maximum Gasteiger partial charge on any atom is 0.408 e. The molecule has 9 nitrogen and oxygen atoms in total. The van der Waals surface area contributed by atoms with Crippen LogP contribution in [0.25, 0.3) is 0 Å². The molecule has 40 heavy (non-hydrogen) atoms. The molecule has 4 amide bonds. The molecule has 218 valence electrons. The van der Waals surface area contributed by atoms with Gasteiger partial charge in [-0.15, -0.1) is 0 Å². The number of unbranched alkanes of at least 4 members (excludes halogenated alkanes) is 4. The molecule has 2 aromatic carbocycles. The topological polar surface area (TPSA) is 131 Å². The number of carbonyl (C=O) groups excluding carboxylic acids is 4. The Bertz CT molecular complexity index is 1090. The first kappa shape index (κ1) is 32.3. The third kappa shape index (κ3) is 11.5. The van der Waals surface area contributed by atoms with Crippen molar-refractivity contribution in [2.75, 3.05) is 6.54 Å². The molecule has 9 heteroatoms. The summed E-state index contributed by atoms with van der Waals surface area (Å²) in [5, 5.41) is 5.47. The van der Waals surface area contributed by atoms with Crippen molar-refractivity contribution in [2.24, 2.45) is 5.73 Å². The number of benzene rings is 2. The van der Waals surface area contributed by atoms with Gasteiger partial charge in [-0.2, -0.15) is 0 Å². The Labute approximate surface area is 237 Å². The second-order valence-electron chi connectivity index (χ2n) is 10.8. The zero-order valence-electron chi connectivity index (χ0n) is 24.2. The molecule has 2 atom stereocenters. The maximum absolute atomic E-state index is 14.1. The number of carbonyl (C=O) groups is 4. The van der Waals surface area contributed by atoms with E-state index in [1.807, 2.05) is 36.4 Å². The van der Waals surface area contributed by atoms with Gasteiger partial charge in [0.05, 0.1) is 6.42 Å². The maximum atomic E-state index is 14.1. The first-order valence-electron chi connectivity index (χ1n) is 14.0. The van der Waals surface area contributed by atoms with Crippen molar-refractivity contribution < 1.29 is 23.9 Å². The first-order valence-corrected chi connectivity index (χ1v) is 14.0. The fourth-order valence-electron chi connectivity index (χ4n) is 4.29. The molecule has 0 bridgehead atoms. The monoisotopic (exact) mass is 552 g/mol. The van der Waals surface area contributed by atoms with E-state index in [1.165, 1.54) is 4.90 Å². The van der Waals surface area contributed by atoms with Crippen molar-refractivity contribution in [3.63, 3.8) is 0 Å². The van der Waals surface area contributed by atoms with Crippen LogP contribution in [0.2, 0.25) is 0 Å². The highest BCUT2D eigenvalue weighted by atomic mass is 16.6. The lowest BCUT2D eigenvalue weighted by atomic mass is 10.0. The predicted molar refractivity (Wildman–Crippen MR) is 155 cm³/mol. The van der Waals surface area contributed by atoms with Crippen LogP contribution in [-0.2, 0) is 25.7 Å². The van der Waals surface area contributed by atoms with E-state index in [0.29, 0.717) is 12.0 Å². The van der Waals surface area contributed by atoms with Gasteiger partial charge in [0.15, 0.2) is 0 Å². The molecule has 0 aliphatic rings. The van der Waals surface area contributed by atoms with Gasteiger partial charge in [0.25, 0.3) is 0 Å². The summed E-state index contributed by atoms with van der Waals surface area (Å²) in [4.78, 5) is 53.8. The van der Waals surface area contributed by atoms with Crippen LogP contribution in [0.4, 0.5) is 4.79 Å². The molecule has 0 heterocycles. The van der Waals surface area contributed by atoms with E-state index < -0.39 is 42.0 Å². The zero-order valence-corrected chi connectivity index (χ0v) is 24.2. The summed E-state index contributed by atoms with van der Waals surface area (Å²) >= 11 is 0. The highest BCUT2D eigenvalue weighted by molar-refractivity contribution is 5.94. The van der Waals surface area contributed by atoms with E-state index in [4.69, 9.17) is 10.5 Å². The van der Waals surface area contributed by atoms with Gasteiger partial charge in [0, 0.05) is 13.1 Å². The van der Waals surface area contributed by atoms with E-state index in [9.17, 15) is 19.2 Å². The summed E-state index contributed by atoms with van der Waals surface area (Å²) in [6, 6.07) is 16.2. The summed E-state index contributed by atoms with van der Waals surface area (Å²) in [5.74, 6) is -1.71.